The van der Waals surface area contributed by atoms with E-state index in [9.17, 15) is 14.4 Å². The van der Waals surface area contributed by atoms with Crippen LogP contribution in [0.4, 0.5) is 0 Å². The largest absolute Gasteiger partial charge is 0.468 e. The number of carbonyl (C=O) groups is 3. The monoisotopic (exact) mass is 447 g/mol. The first-order valence-corrected chi connectivity index (χ1v) is 11.2. The lowest BCUT2D eigenvalue weighted by atomic mass is 9.77. The number of hydrogen-bond donors (Lipinski definition) is 1. The third-order valence-corrected chi connectivity index (χ3v) is 6.69. The van der Waals surface area contributed by atoms with E-state index < -0.39 is 17.9 Å². The van der Waals surface area contributed by atoms with E-state index in [0.29, 0.717) is 11.1 Å². The van der Waals surface area contributed by atoms with Gasteiger partial charge in [-0.05, 0) is 18.2 Å². The molecule has 5 rings (SSSR count). The number of benzene rings is 2. The molecule has 0 radical (unpaired) electrons. The van der Waals surface area contributed by atoms with E-state index in [4.69, 9.17) is 14.2 Å². The predicted octanol–water partition coefficient (Wildman–Crippen LogP) is 3.87. The highest BCUT2D eigenvalue weighted by atomic mass is 16.5. The van der Waals surface area contributed by atoms with Gasteiger partial charge in [0, 0.05) is 22.6 Å². The van der Waals surface area contributed by atoms with Crippen LogP contribution in [0.3, 0.4) is 0 Å². The van der Waals surface area contributed by atoms with Crippen molar-refractivity contribution in [2.75, 3.05) is 14.2 Å². The average molecular weight is 447 g/mol. The van der Waals surface area contributed by atoms with E-state index in [-0.39, 0.29) is 34.6 Å². The van der Waals surface area contributed by atoms with Crippen molar-refractivity contribution in [3.63, 3.8) is 0 Å². The van der Waals surface area contributed by atoms with Gasteiger partial charge in [-0.1, -0.05) is 55.7 Å². The normalized spacial score (nSPS) is 20.3. The Hall–Kier alpha value is -3.61. The first-order chi connectivity index (χ1) is 16.0. The molecule has 0 bridgehead atoms. The van der Waals surface area contributed by atoms with Gasteiger partial charge in [-0.3, -0.25) is 9.59 Å². The summed E-state index contributed by atoms with van der Waals surface area (Å²) in [4.78, 5) is 39.7. The lowest BCUT2D eigenvalue weighted by molar-refractivity contribution is -0.146. The zero-order valence-electron chi connectivity index (χ0n) is 18.6. The second-order valence-electron chi connectivity index (χ2n) is 8.55. The van der Waals surface area contributed by atoms with E-state index in [1.807, 2.05) is 24.3 Å². The molecule has 7 nitrogen and oxygen atoms in total. The van der Waals surface area contributed by atoms with Crippen LogP contribution < -0.4 is 5.32 Å². The summed E-state index contributed by atoms with van der Waals surface area (Å²) in [5.41, 5.74) is 1.24. The number of methoxy groups -OCH3 is 2. The molecule has 1 N–H and O–H groups in total. The summed E-state index contributed by atoms with van der Waals surface area (Å²) in [6.45, 7) is 0. The quantitative estimate of drug-likeness (QED) is 0.712. The summed E-state index contributed by atoms with van der Waals surface area (Å²) in [5.74, 6) is -2.62. The number of esters is 2. The van der Waals surface area contributed by atoms with Crippen LogP contribution in [0.2, 0.25) is 0 Å². The Labute approximate surface area is 191 Å². The highest BCUT2D eigenvalue weighted by Crippen LogP contribution is 2.46. The number of ketones is 1. The lowest BCUT2D eigenvalue weighted by Crippen LogP contribution is -2.40. The summed E-state index contributed by atoms with van der Waals surface area (Å²) in [5, 5.41) is 5.00. The Bertz CT molecular complexity index is 1230. The van der Waals surface area contributed by atoms with Crippen LogP contribution in [-0.2, 0) is 23.8 Å². The van der Waals surface area contributed by atoms with E-state index in [1.54, 1.807) is 12.1 Å². The summed E-state index contributed by atoms with van der Waals surface area (Å²) < 4.78 is 16.4. The van der Waals surface area contributed by atoms with Gasteiger partial charge >= 0.3 is 11.9 Å². The molecule has 0 saturated heterocycles. The third kappa shape index (κ3) is 3.39. The maximum atomic E-state index is 13.7. The first kappa shape index (κ1) is 21.2. The molecule has 1 atom stereocenters. The number of carbonyl (C=O) groups excluding carboxylic acids is 3. The number of ether oxygens (including phenoxy) is 3. The number of nitrogens with one attached hydrogen (secondary N) is 1. The molecule has 170 valence electrons. The van der Waals surface area contributed by atoms with Gasteiger partial charge < -0.3 is 19.5 Å². The van der Waals surface area contributed by atoms with Crippen molar-refractivity contribution in [1.82, 2.24) is 5.32 Å². The van der Waals surface area contributed by atoms with Gasteiger partial charge in [0.15, 0.2) is 5.78 Å². The van der Waals surface area contributed by atoms with Crippen molar-refractivity contribution < 1.29 is 28.6 Å². The third-order valence-electron chi connectivity index (χ3n) is 6.69. The molecule has 0 amide bonds. The van der Waals surface area contributed by atoms with E-state index >= 15 is 0 Å². The van der Waals surface area contributed by atoms with Crippen LogP contribution in [0.25, 0.3) is 16.5 Å². The molecule has 33 heavy (non-hydrogen) atoms. The van der Waals surface area contributed by atoms with E-state index in [1.165, 1.54) is 14.2 Å². The van der Waals surface area contributed by atoms with Gasteiger partial charge in [0.1, 0.15) is 17.3 Å². The highest BCUT2D eigenvalue weighted by molar-refractivity contribution is 6.27. The Morgan fingerprint density at radius 3 is 2.33 bits per heavy atom. The van der Waals surface area contributed by atoms with Crippen molar-refractivity contribution in [1.29, 1.82) is 0 Å². The molecule has 2 aromatic rings. The maximum Gasteiger partial charge on any atom is 0.340 e. The predicted molar refractivity (Wildman–Crippen MR) is 121 cm³/mol. The lowest BCUT2D eigenvalue weighted by Gasteiger charge is -2.35. The molecule has 1 unspecified atom stereocenters. The average Bonchev–Trinajstić information content (AvgIpc) is 2.86. The topological polar surface area (TPSA) is 90.9 Å². The van der Waals surface area contributed by atoms with Gasteiger partial charge in [-0.25, -0.2) is 4.79 Å². The van der Waals surface area contributed by atoms with Crippen LogP contribution in [0.1, 0.15) is 48.0 Å². The molecule has 2 aromatic carbocycles. The van der Waals surface area contributed by atoms with Crippen LogP contribution in [0.5, 0.6) is 0 Å². The van der Waals surface area contributed by atoms with Crippen LogP contribution in [0.15, 0.2) is 53.4 Å². The molecule has 1 heterocycles. The van der Waals surface area contributed by atoms with Crippen LogP contribution in [0, 0.1) is 5.92 Å². The molecule has 7 heteroatoms. The van der Waals surface area contributed by atoms with Gasteiger partial charge in [-0.15, -0.1) is 0 Å². The second-order valence-corrected chi connectivity index (χ2v) is 8.55. The highest BCUT2D eigenvalue weighted by Gasteiger charge is 2.47. The zero-order chi connectivity index (χ0) is 23.1. The Balaban J connectivity index is 1.72. The number of fused-ring (bicyclic) bond motifs is 1. The van der Waals surface area contributed by atoms with E-state index in [0.717, 1.165) is 42.9 Å². The molecule has 1 aliphatic heterocycles. The number of Topliss-reactive ketones (excluding diaryl/α,β-unsaturated/α-hetero) is 1. The number of hydrogen-bond acceptors (Lipinski definition) is 7. The minimum atomic E-state index is -1.26. The smallest absolute Gasteiger partial charge is 0.340 e. The summed E-state index contributed by atoms with van der Waals surface area (Å²) in [6, 6.07) is 11.2. The van der Waals surface area contributed by atoms with Crippen molar-refractivity contribution >= 4 is 34.3 Å². The molecule has 0 aromatic heterocycles. The zero-order valence-corrected chi connectivity index (χ0v) is 18.6. The fourth-order valence-corrected chi connectivity index (χ4v) is 5.13. The minimum Gasteiger partial charge on any atom is -0.468 e. The van der Waals surface area contributed by atoms with Crippen LogP contribution >= 0.6 is 0 Å². The SMILES string of the molecule is COC(=O)C1=C(NC2CCCCC2)OC2=C(C(=O)c3cccc4cccc2c34)C1C(=O)OC. The van der Waals surface area contributed by atoms with Gasteiger partial charge in [0.25, 0.3) is 0 Å². The summed E-state index contributed by atoms with van der Waals surface area (Å²) in [6.07, 6.45) is 5.15. The Morgan fingerprint density at radius 1 is 0.970 bits per heavy atom. The first-order valence-electron chi connectivity index (χ1n) is 11.2. The molecular weight excluding hydrogens is 422 g/mol. The molecule has 0 spiro atoms. The molecule has 1 fully saturated rings. The fraction of sp³-hybridized carbons (Fsp3) is 0.346. The summed E-state index contributed by atoms with van der Waals surface area (Å²) in [7, 11) is 2.48. The van der Waals surface area contributed by atoms with Crippen LogP contribution in [-0.4, -0.2) is 38.0 Å². The van der Waals surface area contributed by atoms with E-state index in [2.05, 4.69) is 5.32 Å². The standard InChI is InChI=1S/C26H25NO6/c1-31-25(29)19-20-22(28)16-12-6-8-14-9-7-13-17(18(14)16)23(20)33-24(21(19)26(30)32-2)27-15-10-4-3-5-11-15/h6-9,12-13,15,19,27H,3-5,10-11H2,1-2H3. The second kappa shape index (κ2) is 8.39. The van der Waals surface area contributed by atoms with Crippen molar-refractivity contribution in [2.24, 2.45) is 5.92 Å². The van der Waals surface area contributed by atoms with Crippen molar-refractivity contribution in [3.05, 3.63) is 64.6 Å². The maximum absolute atomic E-state index is 13.7. The molecule has 1 saturated carbocycles. The summed E-state index contributed by atoms with van der Waals surface area (Å²) >= 11 is 0. The van der Waals surface area contributed by atoms with Gasteiger partial charge in [-0.2, -0.15) is 0 Å². The van der Waals surface area contributed by atoms with Crippen molar-refractivity contribution in [3.8, 4) is 0 Å². The molecule has 2 aliphatic carbocycles. The molecular formula is C26H25NO6. The number of rotatable bonds is 4. The molecule has 3 aliphatic rings. The minimum absolute atomic E-state index is 0.0337. The Morgan fingerprint density at radius 2 is 1.67 bits per heavy atom. The van der Waals surface area contributed by atoms with Gasteiger partial charge in [0.05, 0.1) is 19.8 Å². The Kier molecular flexibility index (Phi) is 5.40. The van der Waals surface area contributed by atoms with Crippen molar-refractivity contribution in [2.45, 2.75) is 38.1 Å². The fourth-order valence-electron chi connectivity index (χ4n) is 5.13. The van der Waals surface area contributed by atoms with Gasteiger partial charge in [0.2, 0.25) is 5.88 Å².